The van der Waals surface area contributed by atoms with Crippen LogP contribution in [0.3, 0.4) is 0 Å². The summed E-state index contributed by atoms with van der Waals surface area (Å²) < 4.78 is 5.03. The van der Waals surface area contributed by atoms with Gasteiger partial charge in [0, 0.05) is 20.5 Å². The maximum absolute atomic E-state index is 5.03. The van der Waals surface area contributed by atoms with Gasteiger partial charge in [0.1, 0.15) is 6.26 Å². The van der Waals surface area contributed by atoms with Crippen LogP contribution in [0.2, 0.25) is 0 Å². The molecule has 1 rings (SSSR count). The van der Waals surface area contributed by atoms with Crippen LogP contribution in [0, 0.1) is 0 Å². The number of hydrogen-bond acceptors (Lipinski definition) is 3. The smallest absolute Gasteiger partial charge is 0.197 e. The summed E-state index contributed by atoms with van der Waals surface area (Å²) in [6.07, 6.45) is 7.97. The minimum Gasteiger partial charge on any atom is -0.449 e. The van der Waals surface area contributed by atoms with Crippen molar-refractivity contribution in [3.05, 3.63) is 30.6 Å². The van der Waals surface area contributed by atoms with Gasteiger partial charge in [-0.3, -0.25) is 0 Å². The molecule has 0 fully saturated rings. The molecule has 0 aliphatic rings. The van der Waals surface area contributed by atoms with E-state index < -0.39 is 0 Å². The zero-order valence-electron chi connectivity index (χ0n) is 6.82. The fourth-order valence-corrected chi connectivity index (χ4v) is 0.718. The molecule has 1 aromatic rings. The van der Waals surface area contributed by atoms with Crippen LogP contribution in [0.15, 0.2) is 29.2 Å². The number of hydrogen-bond donors (Lipinski definition) is 0. The fraction of sp³-hybridized carbons (Fsp3) is 0.375. The monoisotopic (exact) mass is 152 g/mol. The van der Waals surface area contributed by atoms with Gasteiger partial charge in [0.2, 0.25) is 0 Å². The third kappa shape index (κ3) is 2.89. The summed E-state index contributed by atoms with van der Waals surface area (Å²) in [5, 5.41) is 0. The number of oxazole rings is 1. The number of rotatable bonds is 3. The topological polar surface area (TPSA) is 29.3 Å². The lowest BCUT2D eigenvalue weighted by Gasteiger charge is -2.01. The Morgan fingerprint density at radius 2 is 2.45 bits per heavy atom. The highest BCUT2D eigenvalue weighted by Gasteiger charge is 1.90. The Morgan fingerprint density at radius 3 is 3.00 bits per heavy atom. The van der Waals surface area contributed by atoms with Crippen LogP contribution in [0.5, 0.6) is 0 Å². The van der Waals surface area contributed by atoms with E-state index in [0.29, 0.717) is 0 Å². The average Bonchev–Trinajstić information content (AvgIpc) is 2.39. The summed E-state index contributed by atoms with van der Waals surface area (Å²) in [6.45, 7) is 0. The van der Waals surface area contributed by atoms with E-state index in [1.807, 2.05) is 31.3 Å². The molecule has 0 saturated carbocycles. The van der Waals surface area contributed by atoms with E-state index >= 15 is 0 Å². The summed E-state index contributed by atoms with van der Waals surface area (Å²) in [5.74, 6) is 0.753. The van der Waals surface area contributed by atoms with Gasteiger partial charge in [-0.1, -0.05) is 6.08 Å². The lowest BCUT2D eigenvalue weighted by molar-refractivity contribution is 0.506. The molecule has 0 N–H and O–H groups in total. The van der Waals surface area contributed by atoms with E-state index in [2.05, 4.69) is 4.98 Å². The first-order chi connectivity index (χ1) is 5.29. The Labute approximate surface area is 66.3 Å². The highest BCUT2D eigenvalue weighted by atomic mass is 16.3. The molecule has 0 spiro atoms. The van der Waals surface area contributed by atoms with Crippen LogP contribution in [0.1, 0.15) is 5.89 Å². The summed E-state index contributed by atoms with van der Waals surface area (Å²) in [7, 11) is 3.96. The van der Waals surface area contributed by atoms with E-state index in [9.17, 15) is 0 Å². The van der Waals surface area contributed by atoms with Gasteiger partial charge >= 0.3 is 0 Å². The van der Waals surface area contributed by atoms with Gasteiger partial charge < -0.3 is 9.32 Å². The second-order valence-corrected chi connectivity index (χ2v) is 2.48. The zero-order chi connectivity index (χ0) is 8.10. The van der Waals surface area contributed by atoms with E-state index in [4.69, 9.17) is 4.42 Å². The minimum absolute atomic E-state index is 0.753. The van der Waals surface area contributed by atoms with Gasteiger partial charge in [-0.05, 0) is 6.20 Å². The summed E-state index contributed by atoms with van der Waals surface area (Å²) >= 11 is 0. The first kappa shape index (κ1) is 7.85. The lowest BCUT2D eigenvalue weighted by Crippen LogP contribution is -2.00. The maximum Gasteiger partial charge on any atom is 0.197 e. The predicted molar refractivity (Wildman–Crippen MR) is 43.0 cm³/mol. The van der Waals surface area contributed by atoms with E-state index in [1.54, 1.807) is 12.5 Å². The minimum atomic E-state index is 0.753. The molecule has 0 radical (unpaired) electrons. The largest absolute Gasteiger partial charge is 0.449 e. The quantitative estimate of drug-likeness (QED) is 0.653. The van der Waals surface area contributed by atoms with Crippen molar-refractivity contribution in [1.29, 1.82) is 0 Å². The third-order valence-electron chi connectivity index (χ3n) is 1.18. The number of aromatic nitrogens is 1. The Bertz CT molecular complexity index is 214. The second-order valence-electron chi connectivity index (χ2n) is 2.48. The van der Waals surface area contributed by atoms with Crippen molar-refractivity contribution in [3.63, 3.8) is 0 Å². The molecule has 0 atom stereocenters. The Morgan fingerprint density at radius 1 is 1.64 bits per heavy atom. The summed E-state index contributed by atoms with van der Waals surface area (Å²) in [6, 6.07) is 0. The van der Waals surface area contributed by atoms with E-state index in [-0.39, 0.29) is 0 Å². The van der Waals surface area contributed by atoms with Crippen LogP contribution in [-0.4, -0.2) is 24.0 Å². The number of nitrogens with zero attached hydrogens (tertiary/aromatic N) is 2. The molecule has 0 aliphatic carbocycles. The van der Waals surface area contributed by atoms with Gasteiger partial charge in [-0.2, -0.15) is 0 Å². The van der Waals surface area contributed by atoms with Crippen LogP contribution < -0.4 is 0 Å². The molecule has 0 aliphatic heterocycles. The molecule has 0 amide bonds. The molecule has 0 saturated heterocycles. The van der Waals surface area contributed by atoms with Gasteiger partial charge in [0.05, 0.1) is 6.20 Å². The first-order valence-corrected chi connectivity index (χ1v) is 3.50. The van der Waals surface area contributed by atoms with E-state index in [0.717, 1.165) is 12.3 Å². The predicted octanol–water partition coefficient (Wildman–Crippen LogP) is 1.29. The molecule has 0 aromatic carbocycles. The molecule has 3 heteroatoms. The number of allylic oxidation sites excluding steroid dienone is 1. The normalized spacial score (nSPS) is 10.7. The van der Waals surface area contributed by atoms with Crippen LogP contribution >= 0.6 is 0 Å². The molecular formula is C8H12N2O. The van der Waals surface area contributed by atoms with Gasteiger partial charge in [0.25, 0.3) is 0 Å². The maximum atomic E-state index is 5.03. The average molecular weight is 152 g/mol. The van der Waals surface area contributed by atoms with Crippen molar-refractivity contribution in [2.24, 2.45) is 0 Å². The highest BCUT2D eigenvalue weighted by molar-refractivity contribution is 4.91. The van der Waals surface area contributed by atoms with Crippen molar-refractivity contribution < 1.29 is 4.42 Å². The van der Waals surface area contributed by atoms with Crippen LogP contribution in [0.25, 0.3) is 0 Å². The molecular weight excluding hydrogens is 140 g/mol. The zero-order valence-corrected chi connectivity index (χ0v) is 6.82. The summed E-state index contributed by atoms with van der Waals surface area (Å²) in [4.78, 5) is 5.95. The molecule has 11 heavy (non-hydrogen) atoms. The Hall–Kier alpha value is -1.25. The first-order valence-electron chi connectivity index (χ1n) is 3.50. The standard InChI is InChI=1S/C8H12N2O/c1-10(2)6-3-4-8-9-5-7-11-8/h3,5-7H,4H2,1-2H3/b6-3+. The Balaban J connectivity index is 2.34. The van der Waals surface area contributed by atoms with Crippen LogP contribution in [0.4, 0.5) is 0 Å². The highest BCUT2D eigenvalue weighted by Crippen LogP contribution is 1.96. The van der Waals surface area contributed by atoms with Crippen molar-refractivity contribution in [1.82, 2.24) is 9.88 Å². The van der Waals surface area contributed by atoms with E-state index in [1.165, 1.54) is 0 Å². The molecule has 60 valence electrons. The molecule has 0 bridgehead atoms. The van der Waals surface area contributed by atoms with Gasteiger partial charge in [0.15, 0.2) is 5.89 Å². The van der Waals surface area contributed by atoms with Gasteiger partial charge in [-0.25, -0.2) is 4.98 Å². The summed E-state index contributed by atoms with van der Waals surface area (Å²) in [5.41, 5.74) is 0. The van der Waals surface area contributed by atoms with Crippen LogP contribution in [-0.2, 0) is 6.42 Å². The van der Waals surface area contributed by atoms with Crippen molar-refractivity contribution >= 4 is 0 Å². The van der Waals surface area contributed by atoms with Crippen molar-refractivity contribution in [2.75, 3.05) is 14.1 Å². The third-order valence-corrected chi connectivity index (χ3v) is 1.18. The molecule has 1 heterocycles. The molecule has 1 aromatic heterocycles. The lowest BCUT2D eigenvalue weighted by atomic mass is 10.4. The van der Waals surface area contributed by atoms with Crippen molar-refractivity contribution in [3.8, 4) is 0 Å². The second kappa shape index (κ2) is 3.81. The molecule has 3 nitrogen and oxygen atoms in total. The Kier molecular flexibility index (Phi) is 2.72. The molecule has 0 unspecified atom stereocenters. The van der Waals surface area contributed by atoms with Crippen molar-refractivity contribution in [2.45, 2.75) is 6.42 Å². The fourth-order valence-electron chi connectivity index (χ4n) is 0.718. The van der Waals surface area contributed by atoms with Gasteiger partial charge in [-0.15, -0.1) is 0 Å². The SMILES string of the molecule is CN(C)/C=C/Cc1ncco1.